The molecule has 0 radical (unpaired) electrons. The highest BCUT2D eigenvalue weighted by molar-refractivity contribution is 8.76. The zero-order valence-corrected chi connectivity index (χ0v) is 31.1. The quantitative estimate of drug-likeness (QED) is 0.0423. The number of aromatic nitrogens is 2. The lowest BCUT2D eigenvalue weighted by Crippen LogP contribution is -2.35. The Balaban J connectivity index is 0.919. The number of hydrogen-bond donors (Lipinski definition) is 2. The van der Waals surface area contributed by atoms with Gasteiger partial charge in [-0.3, -0.25) is 0 Å². The van der Waals surface area contributed by atoms with Crippen LogP contribution in [0.5, 0.6) is 0 Å². The van der Waals surface area contributed by atoms with Crippen LogP contribution in [0, 0.1) is 0 Å². The van der Waals surface area contributed by atoms with E-state index in [0.717, 1.165) is 80.5 Å². The summed E-state index contributed by atoms with van der Waals surface area (Å²) in [5, 5.41) is 38.9. The van der Waals surface area contributed by atoms with Crippen LogP contribution < -0.4 is 18.9 Å². The Labute approximate surface area is 312 Å². The minimum absolute atomic E-state index is 0.0846. The fourth-order valence-corrected chi connectivity index (χ4v) is 7.93. The van der Waals surface area contributed by atoms with Gasteiger partial charge >= 0.3 is 0 Å². The van der Waals surface area contributed by atoms with Crippen molar-refractivity contribution in [2.75, 3.05) is 61.7 Å². The van der Waals surface area contributed by atoms with Crippen molar-refractivity contribution in [1.29, 1.82) is 0 Å². The van der Waals surface area contributed by atoms with E-state index in [2.05, 4.69) is 68.6 Å². The summed E-state index contributed by atoms with van der Waals surface area (Å²) in [5.41, 5.74) is 7.53. The molecule has 0 amide bonds. The Hall–Kier alpha value is -4.88. The van der Waals surface area contributed by atoms with Crippen molar-refractivity contribution >= 4 is 77.5 Å². The highest BCUT2D eigenvalue weighted by Gasteiger charge is 2.12. The van der Waals surface area contributed by atoms with Gasteiger partial charge in [0.25, 0.3) is 0 Å². The summed E-state index contributed by atoms with van der Waals surface area (Å²) in [7, 11) is 8.03. The highest BCUT2D eigenvalue weighted by Crippen LogP contribution is 2.29. The summed E-state index contributed by atoms with van der Waals surface area (Å²) in [4.78, 5) is 4.52. The molecule has 10 nitrogen and oxygen atoms in total. The Morgan fingerprint density at radius 3 is 1.35 bits per heavy atom. The summed E-state index contributed by atoms with van der Waals surface area (Å²) in [5.74, 6) is 2.03. The molecule has 0 atom stereocenters. The third-order valence-electron chi connectivity index (χ3n) is 8.71. The van der Waals surface area contributed by atoms with Gasteiger partial charge in [-0.25, -0.2) is 0 Å². The van der Waals surface area contributed by atoms with Crippen LogP contribution in [0.1, 0.15) is 0 Å². The number of fused-ring (bicyclic) bond motifs is 2. The van der Waals surface area contributed by atoms with Gasteiger partial charge in [-0.05, 0) is 72.8 Å². The molecule has 12 heteroatoms. The fourth-order valence-electron chi connectivity index (χ4n) is 5.85. The maximum absolute atomic E-state index is 9.39. The van der Waals surface area contributed by atoms with Crippen molar-refractivity contribution in [2.24, 2.45) is 20.5 Å². The van der Waals surface area contributed by atoms with Crippen LogP contribution in [0.2, 0.25) is 0 Å². The van der Waals surface area contributed by atoms with E-state index < -0.39 is 0 Å². The van der Waals surface area contributed by atoms with Gasteiger partial charge in [0, 0.05) is 74.3 Å². The van der Waals surface area contributed by atoms with E-state index in [1.54, 1.807) is 0 Å². The molecule has 0 spiro atoms. The maximum Gasteiger partial charge on any atom is 0.214 e. The second-order valence-electron chi connectivity index (χ2n) is 12.2. The number of azo groups is 2. The van der Waals surface area contributed by atoms with Crippen LogP contribution in [0.15, 0.2) is 142 Å². The summed E-state index contributed by atoms with van der Waals surface area (Å²) < 4.78 is 4.04. The predicted octanol–water partition coefficient (Wildman–Crippen LogP) is 8.34. The lowest BCUT2D eigenvalue weighted by Gasteiger charge is -2.20. The average molecular weight is 733 g/mol. The number of anilines is 2. The first-order chi connectivity index (χ1) is 25.5. The van der Waals surface area contributed by atoms with E-state index in [9.17, 15) is 10.2 Å². The van der Waals surface area contributed by atoms with E-state index in [0.29, 0.717) is 13.1 Å². The van der Waals surface area contributed by atoms with E-state index in [1.807, 2.05) is 128 Å². The lowest BCUT2D eigenvalue weighted by atomic mass is 10.2. The summed E-state index contributed by atoms with van der Waals surface area (Å²) >= 11 is 0. The zero-order chi connectivity index (χ0) is 36.1. The molecule has 4 aromatic carbocycles. The van der Waals surface area contributed by atoms with Gasteiger partial charge in [0.15, 0.2) is 25.5 Å². The van der Waals surface area contributed by atoms with Crippen molar-refractivity contribution in [2.45, 2.75) is 13.1 Å². The van der Waals surface area contributed by atoms with Gasteiger partial charge in [-0.2, -0.15) is 19.4 Å². The Morgan fingerprint density at radius 1 is 0.519 bits per heavy atom. The number of rotatable bonds is 17. The van der Waals surface area contributed by atoms with Gasteiger partial charge in [0.2, 0.25) is 11.0 Å². The topological polar surface area (TPSA) is 104 Å². The first kappa shape index (κ1) is 36.9. The van der Waals surface area contributed by atoms with Crippen molar-refractivity contribution in [3.63, 3.8) is 0 Å². The number of nitrogens with zero attached hydrogens (tertiary/aromatic N) is 8. The van der Waals surface area contributed by atoms with Crippen LogP contribution in [-0.4, -0.2) is 62.1 Å². The van der Waals surface area contributed by atoms with Crippen molar-refractivity contribution in [1.82, 2.24) is 0 Å². The van der Waals surface area contributed by atoms with Gasteiger partial charge in [-0.15, -0.1) is 10.2 Å². The predicted molar refractivity (Wildman–Crippen MR) is 215 cm³/mol. The van der Waals surface area contributed by atoms with Crippen LogP contribution >= 0.6 is 21.6 Å². The molecular weight excluding hydrogens is 689 g/mol. The second kappa shape index (κ2) is 18.6. The maximum atomic E-state index is 9.39. The van der Waals surface area contributed by atoms with Crippen LogP contribution in [-0.2, 0) is 13.1 Å². The molecular formula is C40H44N8O2S2+2. The molecule has 52 heavy (non-hydrogen) atoms. The van der Waals surface area contributed by atoms with E-state index in [-0.39, 0.29) is 13.2 Å². The molecule has 0 unspecified atom stereocenters. The number of aliphatic hydroxyl groups excluding tert-OH is 2. The minimum Gasteiger partial charge on any atom is -0.390 e. The molecule has 0 saturated heterocycles. The van der Waals surface area contributed by atoms with Crippen molar-refractivity contribution in [3.05, 3.63) is 122 Å². The van der Waals surface area contributed by atoms with Crippen molar-refractivity contribution in [3.8, 4) is 0 Å². The Morgan fingerprint density at radius 2 is 0.942 bits per heavy atom. The summed E-state index contributed by atoms with van der Waals surface area (Å²) in [6.07, 6.45) is 3.93. The monoisotopic (exact) mass is 732 g/mol. The van der Waals surface area contributed by atoms with E-state index in [1.165, 1.54) is 0 Å². The first-order valence-electron chi connectivity index (χ1n) is 17.3. The van der Waals surface area contributed by atoms with Crippen molar-refractivity contribution < 1.29 is 19.3 Å². The zero-order valence-electron chi connectivity index (χ0n) is 29.5. The molecule has 6 aromatic rings. The Bertz CT molecular complexity index is 1980. The Kier molecular flexibility index (Phi) is 13.2. The van der Waals surface area contributed by atoms with Crippen LogP contribution in [0.4, 0.5) is 34.1 Å². The number of benzene rings is 4. The highest BCUT2D eigenvalue weighted by atomic mass is 33.1. The normalized spacial score (nSPS) is 11.7. The van der Waals surface area contributed by atoms with Gasteiger partial charge < -0.3 is 20.0 Å². The fraction of sp³-hybridized carbons (Fsp3) is 0.250. The van der Waals surface area contributed by atoms with Gasteiger partial charge in [-0.1, -0.05) is 33.7 Å². The van der Waals surface area contributed by atoms with Crippen LogP contribution in [0.25, 0.3) is 21.8 Å². The van der Waals surface area contributed by atoms with Gasteiger partial charge in [0.05, 0.1) is 33.5 Å². The van der Waals surface area contributed by atoms with E-state index >= 15 is 0 Å². The molecule has 0 aliphatic carbocycles. The number of aliphatic hydroxyl groups is 2. The molecule has 0 aliphatic rings. The minimum atomic E-state index is 0.0846. The van der Waals surface area contributed by atoms with E-state index in [4.69, 9.17) is 0 Å². The molecule has 0 saturated carbocycles. The SMILES string of the molecule is CN(CCSSCCN(C)c1ccc(/N=N/c2cccc3c2ccc[n+]3CCO)cc1)c1ccc(/N=N/c2cccc3c2ccc[n+]3CCO)cc1. The average Bonchev–Trinajstić information content (AvgIpc) is 3.18. The summed E-state index contributed by atoms with van der Waals surface area (Å²) in [6.45, 7) is 3.12. The lowest BCUT2D eigenvalue weighted by molar-refractivity contribution is -0.672. The number of pyridine rings is 2. The summed E-state index contributed by atoms with van der Waals surface area (Å²) in [6, 6.07) is 36.3. The van der Waals surface area contributed by atoms with Crippen LogP contribution in [0.3, 0.4) is 0 Å². The third-order valence-corrected chi connectivity index (χ3v) is 11.1. The largest absolute Gasteiger partial charge is 0.390 e. The first-order valence-corrected chi connectivity index (χ1v) is 19.8. The standard InChI is InChI=1S/C40H44N8O2S2/c1-45(33-17-13-31(14-18-33)41-43-37-9-3-11-39-35(37)7-5-21-47(39)23-27-49)25-29-51-52-30-26-46(2)34-19-15-32(16-20-34)42-44-38-10-4-12-40-36(38)8-6-22-48(40)24-28-50/h3-22,49-50H,23-30H2,1-2H3/q+2. The molecule has 0 bridgehead atoms. The molecule has 2 N–H and O–H groups in total. The molecule has 0 aliphatic heterocycles. The molecule has 2 heterocycles. The third kappa shape index (κ3) is 9.51. The molecule has 266 valence electrons. The second-order valence-corrected chi connectivity index (χ2v) is 14.9. The molecule has 0 fully saturated rings. The smallest absolute Gasteiger partial charge is 0.214 e. The van der Waals surface area contributed by atoms with Gasteiger partial charge in [0.1, 0.15) is 13.2 Å². The molecule has 6 rings (SSSR count). The number of hydrogen-bond acceptors (Lipinski definition) is 10. The molecule has 2 aromatic heterocycles.